The van der Waals surface area contributed by atoms with Gasteiger partial charge < -0.3 is 9.26 Å². The van der Waals surface area contributed by atoms with Gasteiger partial charge in [0.1, 0.15) is 5.82 Å². The summed E-state index contributed by atoms with van der Waals surface area (Å²) in [5.41, 5.74) is 3.83. The maximum atomic E-state index is 13.2. The van der Waals surface area contributed by atoms with Crippen LogP contribution < -0.4 is 0 Å². The Balaban J connectivity index is 1.73. The molecule has 6 nitrogen and oxygen atoms in total. The predicted octanol–water partition coefficient (Wildman–Crippen LogP) is 2.74. The molecule has 0 unspecified atom stereocenters. The van der Waals surface area contributed by atoms with Gasteiger partial charge in [-0.25, -0.2) is 9.07 Å². The van der Waals surface area contributed by atoms with E-state index in [-0.39, 0.29) is 5.82 Å². The summed E-state index contributed by atoms with van der Waals surface area (Å²) in [5, 5.41) is 8.65. The van der Waals surface area contributed by atoms with E-state index in [1.165, 1.54) is 12.1 Å². The first kappa shape index (κ1) is 15.0. The van der Waals surface area contributed by atoms with E-state index in [9.17, 15) is 4.39 Å². The van der Waals surface area contributed by atoms with Crippen molar-refractivity contribution in [1.82, 2.24) is 19.9 Å². The fourth-order valence-corrected chi connectivity index (χ4v) is 3.05. The van der Waals surface area contributed by atoms with E-state index >= 15 is 0 Å². The summed E-state index contributed by atoms with van der Waals surface area (Å²) in [6.45, 7) is 0.543. The quantitative estimate of drug-likeness (QED) is 0.720. The third-order valence-electron chi connectivity index (χ3n) is 4.20. The van der Waals surface area contributed by atoms with Crippen LogP contribution in [0, 0.1) is 5.82 Å². The van der Waals surface area contributed by atoms with Gasteiger partial charge in [-0.3, -0.25) is 0 Å². The summed E-state index contributed by atoms with van der Waals surface area (Å²) < 4.78 is 25.5. The number of rotatable bonds is 5. The van der Waals surface area contributed by atoms with Gasteiger partial charge >= 0.3 is 0 Å². The summed E-state index contributed by atoms with van der Waals surface area (Å²) >= 11 is 0. The van der Waals surface area contributed by atoms with E-state index in [0.717, 1.165) is 41.9 Å². The Morgan fingerprint density at radius 1 is 1.25 bits per heavy atom. The molecule has 1 aliphatic rings. The number of hydrogen-bond donors (Lipinski definition) is 0. The van der Waals surface area contributed by atoms with Crippen molar-refractivity contribution in [3.63, 3.8) is 0 Å². The van der Waals surface area contributed by atoms with Crippen molar-refractivity contribution in [3.05, 3.63) is 47.2 Å². The molecule has 0 saturated heterocycles. The van der Waals surface area contributed by atoms with Crippen molar-refractivity contribution in [2.75, 3.05) is 13.7 Å². The Morgan fingerprint density at radius 3 is 2.88 bits per heavy atom. The minimum atomic E-state index is -0.262. The number of methoxy groups -OCH3 is 1. The minimum absolute atomic E-state index is 0.262. The van der Waals surface area contributed by atoms with Crippen LogP contribution in [0.3, 0.4) is 0 Å². The molecule has 1 aliphatic carbocycles. The van der Waals surface area contributed by atoms with Crippen molar-refractivity contribution >= 4 is 0 Å². The lowest BCUT2D eigenvalue weighted by Crippen LogP contribution is -2.01. The minimum Gasteiger partial charge on any atom is -0.384 e. The number of nitrogens with zero attached hydrogens (tertiary/aromatic N) is 4. The summed E-state index contributed by atoms with van der Waals surface area (Å²) in [6, 6.07) is 6.33. The van der Waals surface area contributed by atoms with Crippen LogP contribution >= 0.6 is 0 Å². The normalized spacial score (nSPS) is 13.4. The molecule has 24 heavy (non-hydrogen) atoms. The molecule has 1 aromatic carbocycles. The van der Waals surface area contributed by atoms with Crippen LogP contribution in [-0.4, -0.2) is 33.6 Å². The molecule has 7 heteroatoms. The first-order valence-corrected chi connectivity index (χ1v) is 7.95. The van der Waals surface area contributed by atoms with Crippen LogP contribution in [0.1, 0.15) is 23.5 Å². The molecule has 0 aliphatic heterocycles. The van der Waals surface area contributed by atoms with Crippen LogP contribution in [0.25, 0.3) is 17.3 Å². The molecule has 0 amide bonds. The molecule has 2 aromatic heterocycles. The number of fused-ring (bicyclic) bond motifs is 1. The fourth-order valence-electron chi connectivity index (χ4n) is 3.05. The average Bonchev–Trinajstić information content (AvgIpc) is 3.30. The third kappa shape index (κ3) is 2.60. The Hall–Kier alpha value is -2.54. The highest BCUT2D eigenvalue weighted by Crippen LogP contribution is 2.33. The average molecular weight is 328 g/mol. The predicted molar refractivity (Wildman–Crippen MR) is 84.4 cm³/mol. The lowest BCUT2D eigenvalue weighted by atomic mass is 10.2. The Bertz CT molecular complexity index is 854. The van der Waals surface area contributed by atoms with E-state index in [1.807, 2.05) is 4.68 Å². The highest BCUT2D eigenvalue weighted by atomic mass is 19.1. The third-order valence-corrected chi connectivity index (χ3v) is 4.20. The summed E-state index contributed by atoms with van der Waals surface area (Å²) in [5.74, 6) is 0.775. The first-order chi connectivity index (χ1) is 11.8. The molecule has 0 saturated carbocycles. The van der Waals surface area contributed by atoms with Gasteiger partial charge in [0.15, 0.2) is 11.5 Å². The molecular formula is C17H17FN4O2. The second-order valence-corrected chi connectivity index (χ2v) is 5.77. The standard InChI is InChI=1S/C17H17FN4O2/c1-23-10-9-15-19-17(24-21-15)16-13-3-2-4-14(13)22(20-16)12-7-5-11(18)6-8-12/h5-8H,2-4,9-10H2,1H3. The zero-order valence-corrected chi connectivity index (χ0v) is 13.3. The molecule has 4 rings (SSSR count). The maximum absolute atomic E-state index is 13.2. The van der Waals surface area contributed by atoms with Gasteiger partial charge in [0.25, 0.3) is 5.89 Å². The molecule has 2 heterocycles. The summed E-state index contributed by atoms with van der Waals surface area (Å²) in [6.07, 6.45) is 3.53. The van der Waals surface area contributed by atoms with Crippen LogP contribution in [0.2, 0.25) is 0 Å². The zero-order valence-electron chi connectivity index (χ0n) is 13.3. The van der Waals surface area contributed by atoms with Gasteiger partial charge in [-0.1, -0.05) is 5.16 Å². The fraction of sp³-hybridized carbons (Fsp3) is 0.353. The van der Waals surface area contributed by atoms with E-state index in [4.69, 9.17) is 9.26 Å². The van der Waals surface area contributed by atoms with Gasteiger partial charge in [-0.2, -0.15) is 10.1 Å². The smallest absolute Gasteiger partial charge is 0.278 e. The molecule has 3 aromatic rings. The van der Waals surface area contributed by atoms with Crippen LogP contribution in [0.5, 0.6) is 0 Å². The Morgan fingerprint density at radius 2 is 2.08 bits per heavy atom. The van der Waals surface area contributed by atoms with Gasteiger partial charge in [0.05, 0.1) is 12.3 Å². The lowest BCUT2D eigenvalue weighted by Gasteiger charge is -2.04. The van der Waals surface area contributed by atoms with Crippen molar-refractivity contribution in [2.45, 2.75) is 25.7 Å². The Kier molecular flexibility index (Phi) is 3.86. The number of aromatic nitrogens is 4. The zero-order chi connectivity index (χ0) is 16.5. The van der Waals surface area contributed by atoms with Gasteiger partial charge in [-0.15, -0.1) is 0 Å². The van der Waals surface area contributed by atoms with Crippen molar-refractivity contribution in [3.8, 4) is 17.3 Å². The van der Waals surface area contributed by atoms with E-state index < -0.39 is 0 Å². The number of ether oxygens (including phenoxy) is 1. The van der Waals surface area contributed by atoms with Crippen LogP contribution in [0.4, 0.5) is 4.39 Å². The van der Waals surface area contributed by atoms with Gasteiger partial charge in [0.2, 0.25) is 0 Å². The molecule has 0 spiro atoms. The van der Waals surface area contributed by atoms with Crippen molar-refractivity contribution in [2.24, 2.45) is 0 Å². The molecule has 0 atom stereocenters. The molecule has 0 N–H and O–H groups in total. The molecule has 0 fully saturated rings. The monoisotopic (exact) mass is 328 g/mol. The number of benzene rings is 1. The second kappa shape index (κ2) is 6.16. The first-order valence-electron chi connectivity index (χ1n) is 7.95. The number of hydrogen-bond acceptors (Lipinski definition) is 5. The number of halogens is 1. The van der Waals surface area contributed by atoms with Crippen molar-refractivity contribution < 1.29 is 13.7 Å². The highest BCUT2D eigenvalue weighted by molar-refractivity contribution is 5.58. The second-order valence-electron chi connectivity index (χ2n) is 5.77. The Labute approximate surface area is 138 Å². The van der Waals surface area contributed by atoms with Crippen LogP contribution in [-0.2, 0) is 24.0 Å². The van der Waals surface area contributed by atoms with Crippen LogP contribution in [0.15, 0.2) is 28.8 Å². The molecule has 124 valence electrons. The maximum Gasteiger partial charge on any atom is 0.278 e. The van der Waals surface area contributed by atoms with E-state index in [0.29, 0.717) is 24.7 Å². The molecule has 0 radical (unpaired) electrons. The van der Waals surface area contributed by atoms with E-state index in [2.05, 4.69) is 15.2 Å². The lowest BCUT2D eigenvalue weighted by molar-refractivity contribution is 0.199. The molecular weight excluding hydrogens is 311 g/mol. The summed E-state index contributed by atoms with van der Waals surface area (Å²) in [4.78, 5) is 4.42. The van der Waals surface area contributed by atoms with Gasteiger partial charge in [0, 0.05) is 24.8 Å². The SMILES string of the molecule is COCCc1noc(-c2nn(-c3ccc(F)cc3)c3c2CCC3)n1. The topological polar surface area (TPSA) is 66.0 Å². The van der Waals surface area contributed by atoms with Crippen molar-refractivity contribution in [1.29, 1.82) is 0 Å². The largest absolute Gasteiger partial charge is 0.384 e. The highest BCUT2D eigenvalue weighted by Gasteiger charge is 2.27. The summed E-state index contributed by atoms with van der Waals surface area (Å²) in [7, 11) is 1.64. The van der Waals surface area contributed by atoms with Gasteiger partial charge in [-0.05, 0) is 43.5 Å². The molecule has 0 bridgehead atoms. The van der Waals surface area contributed by atoms with E-state index in [1.54, 1.807) is 19.2 Å².